The minimum absolute atomic E-state index is 0.0102. The average molecular weight is 839 g/mol. The molecular weight excluding hydrogens is 795 g/mol. The van der Waals surface area contributed by atoms with Crippen LogP contribution in [0, 0.1) is 17.6 Å². The largest absolute Gasteiger partial charge is 0.350 e. The Kier molecular flexibility index (Phi) is 13.5. The topological polar surface area (TPSA) is 116 Å². The van der Waals surface area contributed by atoms with Gasteiger partial charge in [-0.15, -0.1) is 0 Å². The Balaban J connectivity index is 1.13. The van der Waals surface area contributed by atoms with Crippen LogP contribution >= 0.6 is 11.8 Å². The number of amides is 4. The van der Waals surface area contributed by atoms with Crippen LogP contribution in [0.3, 0.4) is 0 Å². The normalized spacial score (nSPS) is 17.1. The summed E-state index contributed by atoms with van der Waals surface area (Å²) in [5.74, 6) is -3.55. The highest BCUT2D eigenvalue weighted by atomic mass is 32.2. The number of carbonyl (C=O) groups is 5. The number of rotatable bonds is 14. The summed E-state index contributed by atoms with van der Waals surface area (Å²) in [6.45, 7) is 6.06. The predicted octanol–water partition coefficient (Wildman–Crippen LogP) is 8.76. The number of likely N-dealkylation sites (tertiary alicyclic amines) is 1. The van der Waals surface area contributed by atoms with Gasteiger partial charge in [0.05, 0.1) is 22.1 Å². The van der Waals surface area contributed by atoms with E-state index in [1.54, 1.807) is 53.5 Å². The predicted molar refractivity (Wildman–Crippen MR) is 234 cm³/mol. The van der Waals surface area contributed by atoms with E-state index >= 15 is 0 Å². The molecule has 0 spiro atoms. The number of nitrogens with one attached hydrogen (secondary N) is 2. The van der Waals surface area contributed by atoms with Gasteiger partial charge >= 0.3 is 0 Å². The zero-order chi connectivity index (χ0) is 43.0. The zero-order valence-electron chi connectivity index (χ0n) is 33.6. The van der Waals surface area contributed by atoms with Crippen LogP contribution in [0.25, 0.3) is 23.3 Å². The Morgan fingerprint density at radius 1 is 0.852 bits per heavy atom. The number of hydrogen-bond acceptors (Lipinski definition) is 7. The Morgan fingerprint density at radius 3 is 2.25 bits per heavy atom. The van der Waals surface area contributed by atoms with Crippen LogP contribution in [-0.2, 0) is 16.1 Å². The second-order valence-electron chi connectivity index (χ2n) is 15.4. The van der Waals surface area contributed by atoms with Crippen LogP contribution in [0.4, 0.5) is 13.6 Å². The van der Waals surface area contributed by atoms with E-state index in [-0.39, 0.29) is 41.1 Å². The van der Waals surface area contributed by atoms with Gasteiger partial charge in [0.2, 0.25) is 5.91 Å². The first-order chi connectivity index (χ1) is 29.4. The van der Waals surface area contributed by atoms with Gasteiger partial charge in [0, 0.05) is 49.9 Å². The lowest BCUT2D eigenvalue weighted by Crippen LogP contribution is -2.44. The Bertz CT molecular complexity index is 2520. The minimum atomic E-state index is -1.02. The highest BCUT2D eigenvalue weighted by molar-refractivity contribution is 8.18. The van der Waals surface area contributed by atoms with Crippen molar-refractivity contribution in [3.63, 3.8) is 0 Å². The van der Waals surface area contributed by atoms with Crippen LogP contribution in [0.5, 0.6) is 0 Å². The first-order valence-electron chi connectivity index (χ1n) is 20.0. The summed E-state index contributed by atoms with van der Waals surface area (Å²) in [7, 11) is 0. The molecular formula is C49H44F2N4O5S. The number of hydrogen-bond donors (Lipinski definition) is 2. The molecule has 1 unspecified atom stereocenters. The third-order valence-corrected chi connectivity index (χ3v) is 11.4. The van der Waals surface area contributed by atoms with E-state index in [9.17, 15) is 32.8 Å². The summed E-state index contributed by atoms with van der Waals surface area (Å²) in [6, 6.07) is 33.9. The fourth-order valence-electron chi connectivity index (χ4n) is 7.75. The Hall–Kier alpha value is -6.50. The molecule has 7 rings (SSSR count). The number of carbonyl (C=O) groups excluding carboxylic acids is 5. The number of benzene rings is 5. The summed E-state index contributed by atoms with van der Waals surface area (Å²) >= 11 is 0.836. The molecule has 0 radical (unpaired) electrons. The Morgan fingerprint density at radius 2 is 1.54 bits per heavy atom. The maximum absolute atomic E-state index is 14.9. The van der Waals surface area contributed by atoms with Crippen molar-refractivity contribution in [3.05, 3.63) is 177 Å². The van der Waals surface area contributed by atoms with E-state index in [4.69, 9.17) is 0 Å². The molecule has 310 valence electrons. The summed E-state index contributed by atoms with van der Waals surface area (Å²) in [4.78, 5) is 69.6. The molecule has 61 heavy (non-hydrogen) atoms. The van der Waals surface area contributed by atoms with Crippen molar-refractivity contribution in [1.82, 2.24) is 20.4 Å². The quantitative estimate of drug-likeness (QED) is 0.0849. The molecule has 2 aliphatic rings. The van der Waals surface area contributed by atoms with E-state index in [1.807, 2.05) is 30.3 Å². The van der Waals surface area contributed by atoms with Crippen molar-refractivity contribution in [1.29, 1.82) is 0 Å². The highest BCUT2D eigenvalue weighted by Crippen LogP contribution is 2.31. The lowest BCUT2D eigenvalue weighted by atomic mass is 9.97. The number of ketones is 1. The molecule has 2 heterocycles. The molecule has 2 aliphatic heterocycles. The molecule has 0 aromatic heterocycles. The second-order valence-corrected chi connectivity index (χ2v) is 16.5. The number of thioether (sulfide) groups is 1. The molecule has 5 aromatic carbocycles. The summed E-state index contributed by atoms with van der Waals surface area (Å²) < 4.78 is 28.7. The first kappa shape index (κ1) is 42.6. The lowest BCUT2D eigenvalue weighted by Gasteiger charge is -2.31. The van der Waals surface area contributed by atoms with Gasteiger partial charge in [-0.05, 0) is 82.3 Å². The molecule has 2 N–H and O–H groups in total. The van der Waals surface area contributed by atoms with Crippen molar-refractivity contribution in [2.45, 2.75) is 38.9 Å². The molecule has 0 bridgehead atoms. The molecule has 9 nitrogen and oxygen atoms in total. The second kappa shape index (κ2) is 19.3. The molecule has 2 atom stereocenters. The van der Waals surface area contributed by atoms with E-state index in [0.29, 0.717) is 30.5 Å². The van der Waals surface area contributed by atoms with Gasteiger partial charge in [-0.2, -0.15) is 0 Å². The highest BCUT2D eigenvalue weighted by Gasteiger charge is 2.40. The molecule has 0 aliphatic carbocycles. The van der Waals surface area contributed by atoms with Crippen LogP contribution in [0.1, 0.15) is 63.2 Å². The third kappa shape index (κ3) is 10.5. The molecule has 0 saturated carbocycles. The average Bonchev–Trinajstić information content (AvgIpc) is 3.83. The van der Waals surface area contributed by atoms with E-state index < -0.39 is 40.5 Å². The molecule has 2 fully saturated rings. The summed E-state index contributed by atoms with van der Waals surface area (Å²) in [6.07, 6.45) is 5.20. The van der Waals surface area contributed by atoms with Crippen molar-refractivity contribution >= 4 is 52.7 Å². The van der Waals surface area contributed by atoms with Gasteiger partial charge in [0.1, 0.15) is 11.6 Å². The molecule has 12 heteroatoms. The third-order valence-electron chi connectivity index (χ3n) is 10.6. The molecule has 5 aromatic rings. The van der Waals surface area contributed by atoms with Crippen LogP contribution in [-0.4, -0.2) is 70.3 Å². The van der Waals surface area contributed by atoms with Crippen molar-refractivity contribution in [2.24, 2.45) is 5.92 Å². The lowest BCUT2D eigenvalue weighted by molar-refractivity contribution is -0.117. The van der Waals surface area contributed by atoms with Gasteiger partial charge < -0.3 is 10.2 Å². The van der Waals surface area contributed by atoms with Crippen LogP contribution in [0.2, 0.25) is 0 Å². The fraction of sp³-hybridized carbons (Fsp3) is 0.204. The molecule has 4 amide bonds. The van der Waals surface area contributed by atoms with E-state index in [2.05, 4.69) is 53.6 Å². The van der Waals surface area contributed by atoms with Crippen molar-refractivity contribution in [3.8, 4) is 11.1 Å². The van der Waals surface area contributed by atoms with Gasteiger partial charge in [-0.25, -0.2) is 8.78 Å². The van der Waals surface area contributed by atoms with Gasteiger partial charge in [0.15, 0.2) is 5.78 Å². The van der Waals surface area contributed by atoms with E-state index in [1.165, 1.54) is 18.2 Å². The maximum atomic E-state index is 14.9. The number of imide groups is 1. The van der Waals surface area contributed by atoms with Crippen LogP contribution in [0.15, 0.2) is 132 Å². The summed E-state index contributed by atoms with van der Waals surface area (Å²) in [5, 5.41) is 4.79. The van der Waals surface area contributed by atoms with E-state index in [0.717, 1.165) is 58.3 Å². The monoisotopic (exact) mass is 838 g/mol. The van der Waals surface area contributed by atoms with Gasteiger partial charge in [0.25, 0.3) is 17.1 Å². The first-order valence-corrected chi connectivity index (χ1v) is 20.8. The summed E-state index contributed by atoms with van der Waals surface area (Å²) in [5.41, 5.74) is 4.52. The SMILES string of the molecule is CC(C)CN(Cc1ccccc1-c1ccccc1)C1C[C@@H](CNC(=O)/C=C/c2ccc(/C=C3\SC(=O)NC3=O)cc2)N(C(=O)c2ccccc2C(=O)c2ccc(F)cc2F)C1. The Labute approximate surface area is 357 Å². The number of halogens is 2. The van der Waals surface area contributed by atoms with Crippen LogP contribution < -0.4 is 10.6 Å². The van der Waals surface area contributed by atoms with Crippen molar-refractivity contribution < 1.29 is 32.8 Å². The van der Waals surface area contributed by atoms with Crippen molar-refractivity contribution in [2.75, 3.05) is 19.6 Å². The fourth-order valence-corrected chi connectivity index (χ4v) is 8.44. The maximum Gasteiger partial charge on any atom is 0.290 e. The van der Waals surface area contributed by atoms with Gasteiger partial charge in [-0.1, -0.05) is 111 Å². The minimum Gasteiger partial charge on any atom is -0.350 e. The molecule has 2 saturated heterocycles. The number of nitrogens with zero attached hydrogens (tertiary/aromatic N) is 2. The zero-order valence-corrected chi connectivity index (χ0v) is 34.5. The standard InChI is InChI=1S/C49H44F2N4O5S/c1-31(2)28-54(29-35-12-6-7-13-39(35)34-10-4-3-5-11-34)38-26-37(27-52-45(56)23-20-32-16-18-33(19-17-32)24-44-47(58)53-49(60)61-44)55(30-38)48(59)41-15-9-8-14-40(41)46(57)42-22-21-36(50)25-43(42)51/h3-25,31,37-38H,26-30H2,1-2H3,(H,52,56)(H,53,58,60)/b23-20+,44-24-/t37-,38?/m0/s1. The van der Waals surface area contributed by atoms with Gasteiger partial charge in [-0.3, -0.25) is 34.2 Å². The smallest absolute Gasteiger partial charge is 0.290 e.